The average Bonchev–Trinajstić information content (AvgIpc) is 1.65. The van der Waals surface area contributed by atoms with Crippen molar-refractivity contribution in [3.8, 4) is 0 Å². The van der Waals surface area contributed by atoms with Gasteiger partial charge in [0.25, 0.3) is 9.85 Å². The molecule has 0 saturated carbocycles. The van der Waals surface area contributed by atoms with Gasteiger partial charge in [-0.25, -0.2) is 0 Å². The quantitative estimate of drug-likeness (QED) is 0.268. The van der Waals surface area contributed by atoms with Crippen molar-refractivity contribution in [2.75, 3.05) is 0 Å². The fraction of sp³-hybridized carbons (Fsp3) is 0. The maximum atomic E-state index is 11.1. The van der Waals surface area contributed by atoms with Gasteiger partial charge in [0, 0.05) is 0 Å². The van der Waals surface area contributed by atoms with Crippen LogP contribution in [0.1, 0.15) is 0 Å². The Hall–Kier alpha value is -0.443. The fourth-order valence-corrected chi connectivity index (χ4v) is 0.164. The molecular formula is C3H5FOSi. The summed E-state index contributed by atoms with van der Waals surface area (Å²) in [5.41, 5.74) is 0. The van der Waals surface area contributed by atoms with Crippen molar-refractivity contribution < 1.29 is 8.90 Å². The van der Waals surface area contributed by atoms with Crippen LogP contribution in [0.3, 0.4) is 0 Å². The summed E-state index contributed by atoms with van der Waals surface area (Å²) in [5.74, 6) is 0. The van der Waals surface area contributed by atoms with E-state index in [1.807, 2.05) is 0 Å². The van der Waals surface area contributed by atoms with E-state index in [-0.39, 0.29) is 0 Å². The van der Waals surface area contributed by atoms with Gasteiger partial charge in [-0.05, 0) is 6.08 Å². The Balaban J connectivity index is 3.23. The molecule has 0 bridgehead atoms. The summed E-state index contributed by atoms with van der Waals surface area (Å²) in [6, 6.07) is 0. The van der Waals surface area contributed by atoms with Crippen LogP contribution in [0.2, 0.25) is 0 Å². The van der Waals surface area contributed by atoms with Gasteiger partial charge < -0.3 is 4.11 Å². The fourth-order valence-electron chi connectivity index (χ4n) is 0.0546. The molecule has 0 amide bonds. The maximum absolute atomic E-state index is 11.1. The van der Waals surface area contributed by atoms with Crippen LogP contribution in [0.15, 0.2) is 12.7 Å². The van der Waals surface area contributed by atoms with Crippen LogP contribution in [-0.2, 0) is 4.79 Å². The largest absolute Gasteiger partial charge is 0.313 e. The van der Waals surface area contributed by atoms with Crippen molar-refractivity contribution in [2.45, 2.75) is 0 Å². The first-order valence-electron chi connectivity index (χ1n) is 1.52. The predicted octanol–water partition coefficient (Wildman–Crippen LogP) is -0.248. The molecule has 0 rings (SSSR count). The summed E-state index contributed by atoms with van der Waals surface area (Å²) in [4.78, 5) is 9.75. The standard InChI is InChI=1S/C3H5FOSi/c1-2-3(5)6-4/h2H,1,6H2. The summed E-state index contributed by atoms with van der Waals surface area (Å²) in [7, 11) is -1.92. The number of allylic oxidation sites excluding steroid dienone is 1. The van der Waals surface area contributed by atoms with Gasteiger partial charge in [0.15, 0.2) is 5.41 Å². The summed E-state index contributed by atoms with van der Waals surface area (Å²) >= 11 is 0. The third kappa shape index (κ3) is 1.84. The molecule has 0 spiro atoms. The first-order valence-corrected chi connectivity index (χ1v) is 2.76. The van der Waals surface area contributed by atoms with Crippen molar-refractivity contribution in [1.29, 1.82) is 0 Å². The van der Waals surface area contributed by atoms with Crippen LogP contribution in [0.4, 0.5) is 4.11 Å². The SMILES string of the molecule is C=CC(=O)[SiH2]F. The summed E-state index contributed by atoms with van der Waals surface area (Å²) < 4.78 is 11.1. The highest BCUT2D eigenvalue weighted by Crippen LogP contribution is 1.66. The Bertz CT molecular complexity index is 71.2. The van der Waals surface area contributed by atoms with Crippen LogP contribution in [0.25, 0.3) is 0 Å². The predicted molar refractivity (Wildman–Crippen MR) is 24.9 cm³/mol. The molecule has 0 aliphatic rings. The van der Waals surface area contributed by atoms with E-state index < -0.39 is 15.3 Å². The lowest BCUT2D eigenvalue weighted by molar-refractivity contribution is -0.108. The van der Waals surface area contributed by atoms with E-state index in [0.717, 1.165) is 6.08 Å². The van der Waals surface area contributed by atoms with Crippen molar-refractivity contribution in [3.05, 3.63) is 12.7 Å². The van der Waals surface area contributed by atoms with Crippen LogP contribution < -0.4 is 0 Å². The van der Waals surface area contributed by atoms with E-state index in [1.165, 1.54) is 0 Å². The maximum Gasteiger partial charge on any atom is 0.293 e. The van der Waals surface area contributed by atoms with E-state index in [0.29, 0.717) is 0 Å². The van der Waals surface area contributed by atoms with E-state index in [1.54, 1.807) is 0 Å². The van der Waals surface area contributed by atoms with Crippen LogP contribution in [-0.4, -0.2) is 15.3 Å². The highest BCUT2D eigenvalue weighted by Gasteiger charge is 1.88. The van der Waals surface area contributed by atoms with Gasteiger partial charge in [0.1, 0.15) is 0 Å². The first kappa shape index (κ1) is 5.56. The summed E-state index contributed by atoms with van der Waals surface area (Å²) in [5, 5.41) is -0.421. The number of hydrogen-bond donors (Lipinski definition) is 0. The molecule has 0 atom stereocenters. The van der Waals surface area contributed by atoms with E-state index >= 15 is 0 Å². The lowest BCUT2D eigenvalue weighted by atomic mass is 10.7. The minimum atomic E-state index is -1.92. The lowest BCUT2D eigenvalue weighted by Gasteiger charge is -1.70. The highest BCUT2D eigenvalue weighted by atomic mass is 28.3. The van der Waals surface area contributed by atoms with Crippen molar-refractivity contribution in [3.63, 3.8) is 0 Å². The molecule has 0 aromatic rings. The van der Waals surface area contributed by atoms with Crippen molar-refractivity contribution in [2.24, 2.45) is 0 Å². The Kier molecular flexibility index (Phi) is 2.57. The Morgan fingerprint density at radius 3 is 2.50 bits per heavy atom. The zero-order chi connectivity index (χ0) is 4.99. The normalized spacial score (nSPS) is 9.50. The zero-order valence-corrected chi connectivity index (χ0v) is 4.69. The summed E-state index contributed by atoms with van der Waals surface area (Å²) in [6.45, 7) is 3.08. The molecule has 0 N–H and O–H groups in total. The average molecular weight is 104 g/mol. The van der Waals surface area contributed by atoms with Crippen LogP contribution in [0, 0.1) is 0 Å². The number of rotatable bonds is 2. The van der Waals surface area contributed by atoms with Crippen LogP contribution >= 0.6 is 0 Å². The van der Waals surface area contributed by atoms with E-state index in [9.17, 15) is 8.90 Å². The second-order valence-electron chi connectivity index (χ2n) is 0.804. The van der Waals surface area contributed by atoms with Crippen molar-refractivity contribution in [1.82, 2.24) is 0 Å². The van der Waals surface area contributed by atoms with E-state index in [4.69, 9.17) is 0 Å². The number of carbonyl (C=O) groups excluding carboxylic acids is 1. The van der Waals surface area contributed by atoms with Gasteiger partial charge in [0.05, 0.1) is 0 Å². The Labute approximate surface area is 37.9 Å². The van der Waals surface area contributed by atoms with Crippen molar-refractivity contribution >= 4 is 15.3 Å². The van der Waals surface area contributed by atoms with Gasteiger partial charge in [-0.2, -0.15) is 0 Å². The molecule has 6 heavy (non-hydrogen) atoms. The van der Waals surface area contributed by atoms with Gasteiger partial charge >= 0.3 is 0 Å². The molecule has 0 saturated heterocycles. The molecule has 0 aliphatic carbocycles. The molecule has 0 heterocycles. The van der Waals surface area contributed by atoms with Gasteiger partial charge in [0.2, 0.25) is 0 Å². The molecular weight excluding hydrogens is 99.1 g/mol. The minimum Gasteiger partial charge on any atom is -0.313 e. The Morgan fingerprint density at radius 1 is 2.00 bits per heavy atom. The number of carbonyl (C=O) groups is 1. The zero-order valence-electron chi connectivity index (χ0n) is 3.28. The second-order valence-corrected chi connectivity index (χ2v) is 1.77. The topological polar surface area (TPSA) is 17.1 Å². The molecule has 0 aromatic heterocycles. The molecule has 0 aliphatic heterocycles. The molecule has 0 fully saturated rings. The monoisotopic (exact) mass is 104 g/mol. The third-order valence-corrected chi connectivity index (χ3v) is 0.911. The highest BCUT2D eigenvalue weighted by molar-refractivity contribution is 6.71. The minimum absolute atomic E-state index is 0.421. The first-order chi connectivity index (χ1) is 2.81. The molecule has 34 valence electrons. The molecule has 3 heteroatoms. The van der Waals surface area contributed by atoms with Crippen LogP contribution in [0.5, 0.6) is 0 Å². The Morgan fingerprint density at radius 2 is 2.50 bits per heavy atom. The number of halogens is 1. The van der Waals surface area contributed by atoms with E-state index in [2.05, 4.69) is 6.58 Å². The molecule has 1 nitrogen and oxygen atoms in total. The molecule has 0 unspecified atom stereocenters. The second kappa shape index (κ2) is 2.78. The van der Waals surface area contributed by atoms with Gasteiger partial charge in [-0.3, -0.25) is 4.79 Å². The smallest absolute Gasteiger partial charge is 0.293 e. The third-order valence-electron chi connectivity index (χ3n) is 0.359. The van der Waals surface area contributed by atoms with Gasteiger partial charge in [-0.1, -0.05) is 6.58 Å². The lowest BCUT2D eigenvalue weighted by Crippen LogP contribution is -1.95. The molecule has 0 aromatic carbocycles. The molecule has 0 radical (unpaired) electrons. The van der Waals surface area contributed by atoms with Gasteiger partial charge in [-0.15, -0.1) is 0 Å². The summed E-state index contributed by atoms with van der Waals surface area (Å²) in [6.07, 6.45) is 1.02. The number of hydrogen-bond acceptors (Lipinski definition) is 1.